The van der Waals surface area contributed by atoms with Crippen molar-refractivity contribution in [2.45, 2.75) is 38.3 Å². The number of hydrogen-bond acceptors (Lipinski definition) is 4. The molecule has 1 atom stereocenters. The van der Waals surface area contributed by atoms with E-state index in [9.17, 15) is 14.4 Å². The van der Waals surface area contributed by atoms with E-state index in [2.05, 4.69) is 10.6 Å². The van der Waals surface area contributed by atoms with Crippen LogP contribution in [0.4, 0.5) is 4.79 Å². The third kappa shape index (κ3) is 3.59. The molecule has 0 aromatic heterocycles. The molecule has 21 heavy (non-hydrogen) atoms. The highest BCUT2D eigenvalue weighted by Crippen LogP contribution is 2.22. The summed E-state index contributed by atoms with van der Waals surface area (Å²) in [7, 11) is 0. The number of imide groups is 1. The van der Waals surface area contributed by atoms with E-state index < -0.39 is 17.5 Å². The number of hydrogen-bond donors (Lipinski definition) is 2. The smallest absolute Gasteiger partial charge is 0.408 e. The van der Waals surface area contributed by atoms with Gasteiger partial charge in [0, 0.05) is 6.42 Å². The van der Waals surface area contributed by atoms with Crippen LogP contribution < -0.4 is 10.6 Å². The van der Waals surface area contributed by atoms with Crippen molar-refractivity contribution in [2.75, 3.05) is 0 Å². The quantitative estimate of drug-likeness (QED) is 0.823. The van der Waals surface area contributed by atoms with Crippen molar-refractivity contribution < 1.29 is 19.1 Å². The molecule has 0 aliphatic carbocycles. The molecule has 1 fully saturated rings. The van der Waals surface area contributed by atoms with Crippen LogP contribution in [-0.2, 0) is 20.9 Å². The largest absolute Gasteiger partial charge is 0.445 e. The van der Waals surface area contributed by atoms with E-state index in [1.165, 1.54) is 0 Å². The molecule has 1 heterocycles. The Hall–Kier alpha value is -2.37. The van der Waals surface area contributed by atoms with Crippen LogP contribution in [0.3, 0.4) is 0 Å². The van der Waals surface area contributed by atoms with Crippen molar-refractivity contribution in [1.82, 2.24) is 10.6 Å². The molecule has 112 valence electrons. The fourth-order valence-corrected chi connectivity index (χ4v) is 2.25. The summed E-state index contributed by atoms with van der Waals surface area (Å²) in [5.41, 5.74) is -0.205. The molecule has 1 aliphatic heterocycles. The molecule has 0 saturated carbocycles. The first-order valence-electron chi connectivity index (χ1n) is 6.89. The van der Waals surface area contributed by atoms with Gasteiger partial charge in [-0.2, -0.15) is 0 Å². The van der Waals surface area contributed by atoms with Gasteiger partial charge in [0.1, 0.15) is 12.1 Å². The molecule has 0 bridgehead atoms. The predicted octanol–water partition coefficient (Wildman–Crippen LogP) is 1.50. The number of carbonyl (C=O) groups is 3. The molecule has 3 amide bonds. The first kappa shape index (κ1) is 15.0. The van der Waals surface area contributed by atoms with Gasteiger partial charge >= 0.3 is 6.09 Å². The second-order valence-electron chi connectivity index (χ2n) is 5.00. The maximum absolute atomic E-state index is 12.0. The van der Waals surface area contributed by atoms with Crippen molar-refractivity contribution in [3.8, 4) is 0 Å². The van der Waals surface area contributed by atoms with Gasteiger partial charge in [0.25, 0.3) is 5.91 Å². The Morgan fingerprint density at radius 1 is 1.33 bits per heavy atom. The minimum atomic E-state index is -1.07. The lowest BCUT2D eigenvalue weighted by Crippen LogP contribution is -2.62. The second-order valence-corrected chi connectivity index (χ2v) is 5.00. The zero-order valence-electron chi connectivity index (χ0n) is 11.8. The van der Waals surface area contributed by atoms with E-state index >= 15 is 0 Å². The van der Waals surface area contributed by atoms with Gasteiger partial charge in [0.15, 0.2) is 0 Å². The van der Waals surface area contributed by atoms with Gasteiger partial charge in [-0.1, -0.05) is 37.3 Å². The minimum Gasteiger partial charge on any atom is -0.445 e. The highest BCUT2D eigenvalue weighted by Gasteiger charge is 2.42. The van der Waals surface area contributed by atoms with Crippen LogP contribution in [-0.4, -0.2) is 23.4 Å². The summed E-state index contributed by atoms with van der Waals surface area (Å²) in [6, 6.07) is 9.26. The molecule has 1 unspecified atom stereocenters. The number of amides is 3. The molecular weight excluding hydrogens is 272 g/mol. The fraction of sp³-hybridized carbons (Fsp3) is 0.400. The number of carbonyl (C=O) groups excluding carboxylic acids is 3. The fourth-order valence-electron chi connectivity index (χ4n) is 2.25. The van der Waals surface area contributed by atoms with Crippen LogP contribution in [0.1, 0.15) is 31.7 Å². The molecule has 6 nitrogen and oxygen atoms in total. The average Bonchev–Trinajstić information content (AvgIpc) is 2.49. The van der Waals surface area contributed by atoms with Crippen LogP contribution in [0, 0.1) is 0 Å². The summed E-state index contributed by atoms with van der Waals surface area (Å²) in [5, 5.41) is 4.85. The van der Waals surface area contributed by atoms with Crippen LogP contribution >= 0.6 is 0 Å². The number of nitrogens with one attached hydrogen (secondary N) is 2. The van der Waals surface area contributed by atoms with E-state index in [1.807, 2.05) is 30.3 Å². The van der Waals surface area contributed by atoms with Gasteiger partial charge in [-0.15, -0.1) is 0 Å². The van der Waals surface area contributed by atoms with E-state index in [0.29, 0.717) is 6.42 Å². The first-order chi connectivity index (χ1) is 10.1. The van der Waals surface area contributed by atoms with Crippen LogP contribution in [0.25, 0.3) is 0 Å². The number of rotatable bonds is 4. The Morgan fingerprint density at radius 2 is 2.05 bits per heavy atom. The Labute approximate surface area is 122 Å². The van der Waals surface area contributed by atoms with E-state index in [-0.39, 0.29) is 25.4 Å². The molecule has 2 N–H and O–H groups in total. The second kappa shape index (κ2) is 6.39. The number of ether oxygens (including phenoxy) is 1. The van der Waals surface area contributed by atoms with Crippen molar-refractivity contribution in [2.24, 2.45) is 0 Å². The highest BCUT2D eigenvalue weighted by molar-refractivity contribution is 6.03. The SMILES string of the molecule is CCC1(NC(=O)OCc2ccccc2)CCC(=O)NC1=O. The molecule has 2 rings (SSSR count). The molecule has 1 aromatic rings. The Bertz CT molecular complexity index is 544. The summed E-state index contributed by atoms with van der Waals surface area (Å²) in [4.78, 5) is 35.0. The third-order valence-electron chi connectivity index (χ3n) is 3.62. The molecule has 0 spiro atoms. The first-order valence-corrected chi connectivity index (χ1v) is 6.89. The van der Waals surface area contributed by atoms with Gasteiger partial charge in [-0.25, -0.2) is 4.79 Å². The predicted molar refractivity (Wildman–Crippen MR) is 75.2 cm³/mol. The average molecular weight is 290 g/mol. The summed E-state index contributed by atoms with van der Waals surface area (Å²) < 4.78 is 5.12. The van der Waals surface area contributed by atoms with Crippen molar-refractivity contribution in [3.63, 3.8) is 0 Å². The molecular formula is C15H18N2O4. The summed E-state index contributed by atoms with van der Waals surface area (Å²) in [5.74, 6) is -0.790. The molecule has 1 aromatic carbocycles. The normalized spacial score (nSPS) is 21.6. The maximum Gasteiger partial charge on any atom is 0.408 e. The summed E-state index contributed by atoms with van der Waals surface area (Å²) >= 11 is 0. The lowest BCUT2D eigenvalue weighted by Gasteiger charge is -2.34. The number of piperidine rings is 1. The van der Waals surface area contributed by atoms with E-state index in [0.717, 1.165) is 5.56 Å². The van der Waals surface area contributed by atoms with Crippen LogP contribution in [0.2, 0.25) is 0 Å². The third-order valence-corrected chi connectivity index (χ3v) is 3.62. The van der Waals surface area contributed by atoms with Crippen molar-refractivity contribution in [1.29, 1.82) is 0 Å². The lowest BCUT2D eigenvalue weighted by molar-refractivity contribution is -0.138. The van der Waals surface area contributed by atoms with E-state index in [4.69, 9.17) is 4.74 Å². The van der Waals surface area contributed by atoms with Crippen molar-refractivity contribution in [3.05, 3.63) is 35.9 Å². The van der Waals surface area contributed by atoms with Gasteiger partial charge in [0.05, 0.1) is 0 Å². The molecule has 0 radical (unpaired) electrons. The minimum absolute atomic E-state index is 0.132. The standard InChI is InChI=1S/C15H18N2O4/c1-2-15(9-8-12(18)16-13(15)19)17-14(20)21-10-11-6-4-3-5-7-11/h3-7H,2,8-10H2,1H3,(H,17,20)(H,16,18,19). The Morgan fingerprint density at radius 3 is 2.67 bits per heavy atom. The molecule has 6 heteroatoms. The zero-order chi connectivity index (χ0) is 15.3. The summed E-state index contributed by atoms with van der Waals surface area (Å²) in [6.45, 7) is 1.92. The van der Waals surface area contributed by atoms with Gasteiger partial charge in [0.2, 0.25) is 5.91 Å². The summed E-state index contributed by atoms with van der Waals surface area (Å²) in [6.07, 6.45) is 0.227. The van der Waals surface area contributed by atoms with Crippen LogP contribution in [0.15, 0.2) is 30.3 Å². The monoisotopic (exact) mass is 290 g/mol. The van der Waals surface area contributed by atoms with Gasteiger partial charge in [-0.3, -0.25) is 14.9 Å². The van der Waals surface area contributed by atoms with Crippen LogP contribution in [0.5, 0.6) is 0 Å². The molecule has 1 saturated heterocycles. The Balaban J connectivity index is 1.94. The number of benzene rings is 1. The Kier molecular flexibility index (Phi) is 4.57. The topological polar surface area (TPSA) is 84.5 Å². The number of alkyl carbamates (subject to hydrolysis) is 1. The lowest BCUT2D eigenvalue weighted by atomic mass is 9.86. The van der Waals surface area contributed by atoms with Gasteiger partial charge < -0.3 is 10.1 Å². The highest BCUT2D eigenvalue weighted by atomic mass is 16.5. The zero-order valence-corrected chi connectivity index (χ0v) is 11.8. The van der Waals surface area contributed by atoms with Crippen molar-refractivity contribution >= 4 is 17.9 Å². The molecule has 1 aliphatic rings. The van der Waals surface area contributed by atoms with Gasteiger partial charge in [-0.05, 0) is 18.4 Å². The maximum atomic E-state index is 12.0. The van der Waals surface area contributed by atoms with E-state index in [1.54, 1.807) is 6.92 Å².